The minimum absolute atomic E-state index is 0.0715. The summed E-state index contributed by atoms with van der Waals surface area (Å²) in [7, 11) is -3.62. The van der Waals surface area contributed by atoms with E-state index >= 15 is 0 Å². The number of ether oxygens (including phenoxy) is 1. The maximum Gasteiger partial charge on any atom is 0.244 e. The molecule has 1 amide bonds. The molecule has 0 radical (unpaired) electrons. The van der Waals surface area contributed by atoms with Crippen LogP contribution >= 0.6 is 0 Å². The first-order valence-corrected chi connectivity index (χ1v) is 13.7. The molecule has 0 unspecified atom stereocenters. The van der Waals surface area contributed by atoms with E-state index < -0.39 is 16.1 Å². The van der Waals surface area contributed by atoms with Crippen LogP contribution in [0, 0.1) is 11.8 Å². The van der Waals surface area contributed by atoms with Gasteiger partial charge in [-0.15, -0.1) is 0 Å². The molecule has 0 bridgehead atoms. The van der Waals surface area contributed by atoms with Crippen LogP contribution in [0.1, 0.15) is 40.0 Å². The molecule has 1 aromatic rings. The van der Waals surface area contributed by atoms with Crippen molar-refractivity contribution in [1.82, 2.24) is 9.21 Å². The lowest BCUT2D eigenvalue weighted by atomic mass is 9.91. The normalized spacial score (nSPS) is 25.8. The maximum atomic E-state index is 13.3. The summed E-state index contributed by atoms with van der Waals surface area (Å²) in [5.41, 5.74) is 1.68. The Bertz CT molecular complexity index is 932. The number of anilines is 2. The van der Waals surface area contributed by atoms with Gasteiger partial charge in [-0.05, 0) is 56.2 Å². The summed E-state index contributed by atoms with van der Waals surface area (Å²) in [4.78, 5) is 17.8. The molecule has 3 saturated heterocycles. The van der Waals surface area contributed by atoms with E-state index in [2.05, 4.69) is 24.1 Å². The molecule has 0 aromatic heterocycles. The summed E-state index contributed by atoms with van der Waals surface area (Å²) in [6.07, 6.45) is 3.38. The predicted molar refractivity (Wildman–Crippen MR) is 130 cm³/mol. The quantitative estimate of drug-likeness (QED) is 0.677. The number of hydrogen-bond donors (Lipinski definition) is 1. The van der Waals surface area contributed by atoms with Crippen LogP contribution in [-0.4, -0.2) is 82.1 Å². The molecule has 3 heterocycles. The lowest BCUT2D eigenvalue weighted by molar-refractivity contribution is -0.134. The Morgan fingerprint density at radius 1 is 1.06 bits per heavy atom. The van der Waals surface area contributed by atoms with Gasteiger partial charge in [-0.3, -0.25) is 4.79 Å². The van der Waals surface area contributed by atoms with Crippen LogP contribution in [-0.2, 0) is 19.6 Å². The van der Waals surface area contributed by atoms with Crippen LogP contribution in [0.3, 0.4) is 0 Å². The van der Waals surface area contributed by atoms with Gasteiger partial charge in [0.25, 0.3) is 0 Å². The van der Waals surface area contributed by atoms with Crippen LogP contribution < -0.4 is 10.2 Å². The second kappa shape index (κ2) is 10.2. The van der Waals surface area contributed by atoms with E-state index in [4.69, 9.17) is 4.74 Å². The minimum Gasteiger partial charge on any atom is -0.379 e. The Kier molecular flexibility index (Phi) is 7.50. The largest absolute Gasteiger partial charge is 0.379 e. The number of piperidine rings is 1. The summed E-state index contributed by atoms with van der Waals surface area (Å²) < 4.78 is 33.3. The van der Waals surface area contributed by atoms with Crippen LogP contribution in [0.15, 0.2) is 23.1 Å². The second-order valence-electron chi connectivity index (χ2n) is 9.94. The van der Waals surface area contributed by atoms with Gasteiger partial charge >= 0.3 is 0 Å². The molecular formula is C24H38N4O4S. The van der Waals surface area contributed by atoms with Gasteiger partial charge in [-0.2, -0.15) is 4.31 Å². The average molecular weight is 479 g/mol. The van der Waals surface area contributed by atoms with Crippen molar-refractivity contribution in [3.8, 4) is 0 Å². The summed E-state index contributed by atoms with van der Waals surface area (Å²) >= 11 is 0. The number of carbonyl (C=O) groups is 1. The van der Waals surface area contributed by atoms with Crippen molar-refractivity contribution in [2.45, 2.75) is 51.0 Å². The Balaban J connectivity index is 1.59. The number of carbonyl (C=O) groups excluding carboxylic acids is 1. The Labute approximate surface area is 198 Å². The molecular weight excluding hydrogens is 440 g/mol. The fraction of sp³-hybridized carbons (Fsp3) is 0.708. The highest BCUT2D eigenvalue weighted by Gasteiger charge is 2.31. The van der Waals surface area contributed by atoms with Crippen molar-refractivity contribution in [3.05, 3.63) is 18.2 Å². The fourth-order valence-corrected chi connectivity index (χ4v) is 6.81. The molecule has 3 fully saturated rings. The standard InChI is InChI=1S/C24H38N4O4S/c1-18-14-19(2)17-27(16-18)24(29)20(3)25-22-15-21(6-7-23(22)26-8-4-5-9-26)33(30,31)28-10-12-32-13-11-28/h6-7,15,18-20,25H,4-5,8-14,16-17H2,1-3H3/t18-,19-,20-/m1/s1. The van der Waals surface area contributed by atoms with E-state index in [1.165, 1.54) is 4.31 Å². The molecule has 3 aliphatic rings. The number of sulfonamides is 1. The van der Waals surface area contributed by atoms with Crippen LogP contribution in [0.2, 0.25) is 0 Å². The SMILES string of the molecule is C[C@@H]1C[C@@H](C)CN(C(=O)[C@@H](C)Nc2cc(S(=O)(=O)N3CCOCC3)ccc2N2CCCC2)C1. The zero-order valence-corrected chi connectivity index (χ0v) is 20.9. The first-order chi connectivity index (χ1) is 15.8. The third kappa shape index (κ3) is 5.46. The first-order valence-electron chi connectivity index (χ1n) is 12.3. The topological polar surface area (TPSA) is 82.2 Å². The monoisotopic (exact) mass is 478 g/mol. The summed E-state index contributed by atoms with van der Waals surface area (Å²) in [6.45, 7) is 11.2. The number of benzene rings is 1. The van der Waals surface area contributed by atoms with E-state index in [9.17, 15) is 13.2 Å². The maximum absolute atomic E-state index is 13.3. The molecule has 0 saturated carbocycles. The van der Waals surface area contributed by atoms with Crippen molar-refractivity contribution in [2.75, 3.05) is 62.7 Å². The van der Waals surface area contributed by atoms with Crippen molar-refractivity contribution >= 4 is 27.3 Å². The highest BCUT2D eigenvalue weighted by molar-refractivity contribution is 7.89. The van der Waals surface area contributed by atoms with Crippen LogP contribution in [0.4, 0.5) is 11.4 Å². The predicted octanol–water partition coefficient (Wildman–Crippen LogP) is 2.61. The molecule has 4 rings (SSSR count). The van der Waals surface area contributed by atoms with E-state index in [1.54, 1.807) is 12.1 Å². The number of amides is 1. The summed E-state index contributed by atoms with van der Waals surface area (Å²) in [5.74, 6) is 1.06. The van der Waals surface area contributed by atoms with Crippen molar-refractivity contribution < 1.29 is 17.9 Å². The molecule has 3 atom stereocenters. The molecule has 1 N–H and O–H groups in total. The van der Waals surface area contributed by atoms with Gasteiger partial charge in [-0.25, -0.2) is 8.42 Å². The Hall–Kier alpha value is -1.84. The molecule has 8 nitrogen and oxygen atoms in total. The average Bonchev–Trinajstić information content (AvgIpc) is 3.33. The Morgan fingerprint density at radius 2 is 1.70 bits per heavy atom. The lowest BCUT2D eigenvalue weighted by Crippen LogP contribution is -2.48. The summed E-state index contributed by atoms with van der Waals surface area (Å²) in [5, 5.41) is 3.39. The van der Waals surface area contributed by atoms with Gasteiger partial charge in [-0.1, -0.05) is 13.8 Å². The highest BCUT2D eigenvalue weighted by atomic mass is 32.2. The van der Waals surface area contributed by atoms with E-state index in [-0.39, 0.29) is 10.8 Å². The highest BCUT2D eigenvalue weighted by Crippen LogP contribution is 2.33. The molecule has 0 spiro atoms. The minimum atomic E-state index is -3.62. The van der Waals surface area contributed by atoms with Crippen molar-refractivity contribution in [1.29, 1.82) is 0 Å². The van der Waals surface area contributed by atoms with Crippen LogP contribution in [0.25, 0.3) is 0 Å². The smallest absolute Gasteiger partial charge is 0.244 e. The van der Waals surface area contributed by atoms with E-state index in [1.807, 2.05) is 17.9 Å². The number of nitrogens with zero attached hydrogens (tertiary/aromatic N) is 3. The number of rotatable bonds is 6. The molecule has 3 aliphatic heterocycles. The van der Waals surface area contributed by atoms with Gasteiger partial charge in [0.1, 0.15) is 6.04 Å². The van der Waals surface area contributed by atoms with E-state index in [0.29, 0.717) is 43.8 Å². The zero-order valence-electron chi connectivity index (χ0n) is 20.1. The third-order valence-electron chi connectivity index (χ3n) is 6.95. The molecule has 9 heteroatoms. The number of morpholine rings is 1. The first kappa shape index (κ1) is 24.3. The van der Waals surface area contributed by atoms with Gasteiger partial charge in [0.15, 0.2) is 0 Å². The van der Waals surface area contributed by atoms with E-state index in [0.717, 1.165) is 51.1 Å². The second-order valence-corrected chi connectivity index (χ2v) is 11.9. The van der Waals surface area contributed by atoms with Gasteiger partial charge in [0.2, 0.25) is 15.9 Å². The number of nitrogens with one attached hydrogen (secondary N) is 1. The molecule has 0 aliphatic carbocycles. The zero-order chi connectivity index (χ0) is 23.6. The fourth-order valence-electron chi connectivity index (χ4n) is 5.37. The molecule has 1 aromatic carbocycles. The van der Waals surface area contributed by atoms with Crippen LogP contribution in [0.5, 0.6) is 0 Å². The van der Waals surface area contributed by atoms with Gasteiger partial charge in [0, 0.05) is 39.3 Å². The summed E-state index contributed by atoms with van der Waals surface area (Å²) in [6, 6.07) is 4.86. The number of hydrogen-bond acceptors (Lipinski definition) is 6. The van der Waals surface area contributed by atoms with Gasteiger partial charge in [0.05, 0.1) is 29.5 Å². The van der Waals surface area contributed by atoms with Crippen molar-refractivity contribution in [2.24, 2.45) is 11.8 Å². The van der Waals surface area contributed by atoms with Gasteiger partial charge < -0.3 is 19.9 Å². The lowest BCUT2D eigenvalue weighted by Gasteiger charge is -2.37. The molecule has 184 valence electrons. The van der Waals surface area contributed by atoms with Crippen molar-refractivity contribution in [3.63, 3.8) is 0 Å². The molecule has 33 heavy (non-hydrogen) atoms. The third-order valence-corrected chi connectivity index (χ3v) is 8.84. The number of likely N-dealkylation sites (tertiary alicyclic amines) is 1. The Morgan fingerprint density at radius 3 is 2.33 bits per heavy atom.